The van der Waals surface area contributed by atoms with Gasteiger partial charge in [0.25, 0.3) is 5.91 Å². The summed E-state index contributed by atoms with van der Waals surface area (Å²) in [5.74, 6) is 0.386. The first-order valence-corrected chi connectivity index (χ1v) is 7.90. The van der Waals surface area contributed by atoms with Gasteiger partial charge in [-0.1, -0.05) is 23.7 Å². The molecule has 0 saturated carbocycles. The zero-order valence-corrected chi connectivity index (χ0v) is 13.9. The Kier molecular flexibility index (Phi) is 3.70. The van der Waals surface area contributed by atoms with Crippen LogP contribution in [0.1, 0.15) is 10.5 Å². The largest absolute Gasteiger partial charge is 0.351 e. The van der Waals surface area contributed by atoms with Crippen LogP contribution in [0.15, 0.2) is 48.5 Å². The number of fused-ring (bicyclic) bond motifs is 1. The number of aromatic amines is 1. The monoisotopic (exact) mass is 352 g/mol. The molecular formula is C17H13ClN6O. The van der Waals surface area contributed by atoms with Crippen molar-refractivity contribution in [2.24, 2.45) is 7.05 Å². The lowest BCUT2D eigenvalue weighted by Gasteiger charge is -2.06. The maximum Gasteiger partial charge on any atom is 0.272 e. The van der Waals surface area contributed by atoms with Crippen molar-refractivity contribution in [2.75, 3.05) is 5.32 Å². The molecule has 2 aromatic heterocycles. The number of aromatic nitrogens is 5. The van der Waals surface area contributed by atoms with E-state index in [1.165, 1.54) is 0 Å². The molecule has 0 aliphatic heterocycles. The summed E-state index contributed by atoms with van der Waals surface area (Å²) in [7, 11) is 1.76. The molecular weight excluding hydrogens is 340 g/mol. The van der Waals surface area contributed by atoms with E-state index in [9.17, 15) is 4.79 Å². The molecule has 0 atom stereocenters. The fraction of sp³-hybridized carbons (Fsp3) is 0.0588. The number of benzene rings is 2. The lowest BCUT2D eigenvalue weighted by molar-refractivity contribution is 0.102. The fourth-order valence-corrected chi connectivity index (χ4v) is 2.81. The van der Waals surface area contributed by atoms with Gasteiger partial charge in [-0.25, -0.2) is 4.68 Å². The second-order valence-electron chi connectivity index (χ2n) is 5.58. The minimum atomic E-state index is -0.236. The van der Waals surface area contributed by atoms with Gasteiger partial charge in [-0.05, 0) is 46.8 Å². The average Bonchev–Trinajstić information content (AvgIpc) is 3.20. The third kappa shape index (κ3) is 2.97. The average molecular weight is 353 g/mol. The Bertz CT molecular complexity index is 1080. The van der Waals surface area contributed by atoms with Crippen molar-refractivity contribution in [1.29, 1.82) is 0 Å². The van der Waals surface area contributed by atoms with Crippen LogP contribution in [0.3, 0.4) is 0 Å². The first-order chi connectivity index (χ1) is 12.1. The fourth-order valence-electron chi connectivity index (χ4n) is 2.63. The molecule has 7 nitrogen and oxygen atoms in total. The number of tetrazole rings is 1. The smallest absolute Gasteiger partial charge is 0.272 e. The first-order valence-electron chi connectivity index (χ1n) is 7.52. The van der Waals surface area contributed by atoms with Gasteiger partial charge in [-0.3, -0.25) is 4.79 Å². The number of rotatable bonds is 3. The molecule has 0 aliphatic rings. The summed E-state index contributed by atoms with van der Waals surface area (Å²) >= 11 is 5.98. The number of carbonyl (C=O) groups excluding carboxylic acids is 1. The van der Waals surface area contributed by atoms with Gasteiger partial charge in [0.2, 0.25) is 0 Å². The van der Waals surface area contributed by atoms with Crippen LogP contribution in [-0.4, -0.2) is 31.1 Å². The highest BCUT2D eigenvalue weighted by Crippen LogP contribution is 2.22. The SMILES string of the molecule is Cn1nnnc1-c1cccc(NC(=O)c2cc3cc(Cl)ccc3[nH]2)c1. The molecule has 2 aromatic carbocycles. The van der Waals surface area contributed by atoms with Crippen LogP contribution in [0.2, 0.25) is 5.02 Å². The number of hydrogen-bond donors (Lipinski definition) is 2. The van der Waals surface area contributed by atoms with E-state index in [0.717, 1.165) is 16.5 Å². The number of nitrogens with one attached hydrogen (secondary N) is 2. The van der Waals surface area contributed by atoms with Gasteiger partial charge in [0, 0.05) is 34.2 Å². The number of halogens is 1. The van der Waals surface area contributed by atoms with Gasteiger partial charge >= 0.3 is 0 Å². The molecule has 124 valence electrons. The zero-order valence-electron chi connectivity index (χ0n) is 13.2. The second kappa shape index (κ2) is 6.03. The predicted octanol–water partition coefficient (Wildman–Crippen LogP) is 3.26. The van der Waals surface area contributed by atoms with E-state index >= 15 is 0 Å². The predicted molar refractivity (Wildman–Crippen MR) is 95.5 cm³/mol. The van der Waals surface area contributed by atoms with Crippen LogP contribution in [0.4, 0.5) is 5.69 Å². The first kappa shape index (κ1) is 15.3. The van der Waals surface area contributed by atoms with Crippen molar-refractivity contribution in [3.63, 3.8) is 0 Å². The van der Waals surface area contributed by atoms with Crippen molar-refractivity contribution in [3.05, 3.63) is 59.2 Å². The van der Waals surface area contributed by atoms with Crippen molar-refractivity contribution < 1.29 is 4.79 Å². The van der Waals surface area contributed by atoms with Crippen molar-refractivity contribution in [2.45, 2.75) is 0 Å². The van der Waals surface area contributed by atoms with Crippen LogP contribution in [0.25, 0.3) is 22.3 Å². The molecule has 25 heavy (non-hydrogen) atoms. The normalized spacial score (nSPS) is 11.0. The van der Waals surface area contributed by atoms with Gasteiger partial charge < -0.3 is 10.3 Å². The Balaban J connectivity index is 1.61. The summed E-state index contributed by atoms with van der Waals surface area (Å²) in [6, 6.07) is 14.6. The molecule has 1 amide bonds. The highest BCUT2D eigenvalue weighted by Gasteiger charge is 2.12. The molecule has 0 aliphatic carbocycles. The van der Waals surface area contributed by atoms with Gasteiger partial charge in [-0.2, -0.15) is 0 Å². The number of H-pyrrole nitrogens is 1. The Morgan fingerprint density at radius 3 is 2.88 bits per heavy atom. The lowest BCUT2D eigenvalue weighted by atomic mass is 10.2. The Hall–Kier alpha value is -3.19. The standard InChI is InChI=1S/C17H13ClN6O/c1-24-16(21-22-23-24)10-3-2-4-13(8-10)19-17(25)15-9-11-7-12(18)5-6-14(11)20-15/h2-9,20H,1H3,(H,19,25). The van der Waals surface area contributed by atoms with Crippen molar-refractivity contribution >= 4 is 34.1 Å². The lowest BCUT2D eigenvalue weighted by Crippen LogP contribution is -2.12. The third-order valence-electron chi connectivity index (χ3n) is 3.83. The van der Waals surface area contributed by atoms with Gasteiger partial charge in [-0.15, -0.1) is 5.10 Å². The van der Waals surface area contributed by atoms with Crippen LogP contribution in [-0.2, 0) is 7.05 Å². The summed E-state index contributed by atoms with van der Waals surface area (Å²) in [4.78, 5) is 15.6. The highest BCUT2D eigenvalue weighted by molar-refractivity contribution is 6.31. The van der Waals surface area contributed by atoms with E-state index in [2.05, 4.69) is 25.8 Å². The van der Waals surface area contributed by atoms with Crippen LogP contribution >= 0.6 is 11.6 Å². The maximum atomic E-state index is 12.5. The Labute approximate surface area is 147 Å². The van der Waals surface area contributed by atoms with Crippen LogP contribution in [0, 0.1) is 0 Å². The van der Waals surface area contributed by atoms with Crippen LogP contribution in [0.5, 0.6) is 0 Å². The molecule has 8 heteroatoms. The topological polar surface area (TPSA) is 88.5 Å². The number of anilines is 1. The molecule has 2 heterocycles. The molecule has 0 unspecified atom stereocenters. The number of hydrogen-bond acceptors (Lipinski definition) is 4. The molecule has 0 bridgehead atoms. The van der Waals surface area contributed by atoms with E-state index in [0.29, 0.717) is 22.2 Å². The molecule has 0 saturated heterocycles. The van der Waals surface area contributed by atoms with Gasteiger partial charge in [0.1, 0.15) is 5.69 Å². The van der Waals surface area contributed by atoms with E-state index in [4.69, 9.17) is 11.6 Å². The molecule has 0 spiro atoms. The number of amides is 1. The summed E-state index contributed by atoms with van der Waals surface area (Å²) in [6.07, 6.45) is 0. The van der Waals surface area contributed by atoms with E-state index < -0.39 is 0 Å². The van der Waals surface area contributed by atoms with Gasteiger partial charge in [0.05, 0.1) is 0 Å². The van der Waals surface area contributed by atoms with E-state index in [-0.39, 0.29) is 5.91 Å². The summed E-state index contributed by atoms with van der Waals surface area (Å²) in [5, 5.41) is 15.8. The minimum Gasteiger partial charge on any atom is -0.351 e. The second-order valence-corrected chi connectivity index (χ2v) is 6.01. The molecule has 4 aromatic rings. The van der Waals surface area contributed by atoms with Crippen molar-refractivity contribution in [3.8, 4) is 11.4 Å². The molecule has 0 fully saturated rings. The maximum absolute atomic E-state index is 12.5. The van der Waals surface area contributed by atoms with E-state index in [1.54, 1.807) is 23.9 Å². The minimum absolute atomic E-state index is 0.236. The zero-order chi connectivity index (χ0) is 17.4. The Morgan fingerprint density at radius 1 is 1.20 bits per heavy atom. The number of aryl methyl sites for hydroxylation is 1. The third-order valence-corrected chi connectivity index (χ3v) is 4.06. The highest BCUT2D eigenvalue weighted by atomic mass is 35.5. The van der Waals surface area contributed by atoms with Crippen molar-refractivity contribution in [1.82, 2.24) is 25.2 Å². The van der Waals surface area contributed by atoms with E-state index in [1.807, 2.05) is 36.4 Å². The summed E-state index contributed by atoms with van der Waals surface area (Å²) < 4.78 is 1.57. The molecule has 2 N–H and O–H groups in total. The number of nitrogens with zero attached hydrogens (tertiary/aromatic N) is 4. The Morgan fingerprint density at radius 2 is 2.08 bits per heavy atom. The quantitative estimate of drug-likeness (QED) is 0.592. The summed E-state index contributed by atoms with van der Waals surface area (Å²) in [5.41, 5.74) is 2.78. The molecule has 4 rings (SSSR count). The summed E-state index contributed by atoms with van der Waals surface area (Å²) in [6.45, 7) is 0. The van der Waals surface area contributed by atoms with Gasteiger partial charge in [0.15, 0.2) is 5.82 Å². The molecule has 0 radical (unpaired) electrons. The number of carbonyl (C=O) groups is 1. The van der Waals surface area contributed by atoms with Crippen LogP contribution < -0.4 is 5.32 Å².